The quantitative estimate of drug-likeness (QED) is 0.823. The SMILES string of the molecule is COc1cc(C(=O)N2CCC(c3ccc(N)nc3)CC2)ncc1OCC(C)C. The normalized spacial score (nSPS) is 14.9. The Kier molecular flexibility index (Phi) is 6.34. The number of nitrogen functional groups attached to an aromatic ring is 1. The van der Waals surface area contributed by atoms with E-state index in [-0.39, 0.29) is 5.91 Å². The summed E-state index contributed by atoms with van der Waals surface area (Å²) in [4.78, 5) is 23.2. The topological polar surface area (TPSA) is 90.6 Å². The van der Waals surface area contributed by atoms with E-state index in [1.54, 1.807) is 19.4 Å². The number of piperidine rings is 1. The van der Waals surface area contributed by atoms with Gasteiger partial charge in [-0.05, 0) is 36.3 Å². The van der Waals surface area contributed by atoms with Crippen LogP contribution in [0.25, 0.3) is 0 Å². The van der Waals surface area contributed by atoms with Crippen LogP contribution in [0, 0.1) is 5.92 Å². The fraction of sp³-hybridized carbons (Fsp3) is 0.476. The first-order chi connectivity index (χ1) is 13.5. The zero-order valence-electron chi connectivity index (χ0n) is 16.7. The highest BCUT2D eigenvalue weighted by Gasteiger charge is 2.26. The first-order valence-corrected chi connectivity index (χ1v) is 9.65. The molecule has 0 radical (unpaired) electrons. The molecule has 2 N–H and O–H groups in total. The lowest BCUT2D eigenvalue weighted by Crippen LogP contribution is -2.38. The molecular formula is C21H28N4O3. The highest BCUT2D eigenvalue weighted by Crippen LogP contribution is 2.30. The summed E-state index contributed by atoms with van der Waals surface area (Å²) in [5.41, 5.74) is 7.21. The molecular weight excluding hydrogens is 356 g/mol. The minimum atomic E-state index is -0.0809. The van der Waals surface area contributed by atoms with Crippen LogP contribution in [0.5, 0.6) is 11.5 Å². The van der Waals surface area contributed by atoms with Gasteiger partial charge in [-0.15, -0.1) is 0 Å². The average molecular weight is 384 g/mol. The Labute approximate surface area is 165 Å². The minimum Gasteiger partial charge on any atom is -0.493 e. The van der Waals surface area contributed by atoms with Gasteiger partial charge in [-0.25, -0.2) is 9.97 Å². The fourth-order valence-corrected chi connectivity index (χ4v) is 3.30. The summed E-state index contributed by atoms with van der Waals surface area (Å²) < 4.78 is 11.1. The molecule has 1 saturated heterocycles. The molecule has 0 aromatic carbocycles. The second kappa shape index (κ2) is 8.91. The predicted octanol–water partition coefficient (Wildman–Crippen LogP) is 3.12. The highest BCUT2D eigenvalue weighted by atomic mass is 16.5. The van der Waals surface area contributed by atoms with Crippen LogP contribution in [0.3, 0.4) is 0 Å². The third-order valence-corrected chi connectivity index (χ3v) is 4.91. The zero-order valence-corrected chi connectivity index (χ0v) is 16.7. The number of nitrogens with two attached hydrogens (primary N) is 1. The van der Waals surface area contributed by atoms with E-state index >= 15 is 0 Å². The molecule has 0 unspecified atom stereocenters. The summed E-state index contributed by atoms with van der Waals surface area (Å²) in [5, 5.41) is 0. The first-order valence-electron chi connectivity index (χ1n) is 9.65. The van der Waals surface area contributed by atoms with Crippen LogP contribution in [0.15, 0.2) is 30.6 Å². The standard InChI is InChI=1S/C21H28N4O3/c1-14(2)13-28-19-12-23-17(10-18(19)27-3)21(26)25-8-6-15(7-9-25)16-4-5-20(22)24-11-16/h4-5,10-12,14-15H,6-9,13H2,1-3H3,(H2,22,24). The van der Waals surface area contributed by atoms with Crippen molar-refractivity contribution in [3.05, 3.63) is 41.9 Å². The van der Waals surface area contributed by atoms with Crippen molar-refractivity contribution in [3.63, 3.8) is 0 Å². The molecule has 150 valence electrons. The van der Waals surface area contributed by atoms with Gasteiger partial charge in [0, 0.05) is 25.4 Å². The van der Waals surface area contributed by atoms with Gasteiger partial charge in [-0.1, -0.05) is 19.9 Å². The summed E-state index contributed by atoms with van der Waals surface area (Å²) in [6.07, 6.45) is 5.19. The van der Waals surface area contributed by atoms with E-state index in [0.717, 1.165) is 12.8 Å². The second-order valence-electron chi connectivity index (χ2n) is 7.51. The number of carbonyl (C=O) groups is 1. The lowest BCUT2D eigenvalue weighted by molar-refractivity contribution is 0.0706. The Morgan fingerprint density at radius 3 is 2.57 bits per heavy atom. The monoisotopic (exact) mass is 384 g/mol. The Balaban J connectivity index is 1.63. The Morgan fingerprint density at radius 1 is 1.21 bits per heavy atom. The number of anilines is 1. The Hall–Kier alpha value is -2.83. The van der Waals surface area contributed by atoms with Gasteiger partial charge in [0.25, 0.3) is 5.91 Å². The molecule has 1 aliphatic heterocycles. The summed E-state index contributed by atoms with van der Waals surface area (Å²) in [7, 11) is 1.57. The molecule has 0 saturated carbocycles. The van der Waals surface area contributed by atoms with Crippen molar-refractivity contribution in [1.82, 2.24) is 14.9 Å². The molecule has 3 rings (SSSR count). The smallest absolute Gasteiger partial charge is 0.272 e. The second-order valence-corrected chi connectivity index (χ2v) is 7.51. The lowest BCUT2D eigenvalue weighted by atomic mass is 9.90. The number of aromatic nitrogens is 2. The maximum absolute atomic E-state index is 12.9. The summed E-state index contributed by atoms with van der Waals surface area (Å²) >= 11 is 0. The molecule has 0 atom stereocenters. The number of carbonyl (C=O) groups excluding carboxylic acids is 1. The third-order valence-electron chi connectivity index (χ3n) is 4.91. The van der Waals surface area contributed by atoms with E-state index in [4.69, 9.17) is 15.2 Å². The van der Waals surface area contributed by atoms with Crippen LogP contribution in [-0.2, 0) is 0 Å². The van der Waals surface area contributed by atoms with Crippen molar-refractivity contribution in [1.29, 1.82) is 0 Å². The predicted molar refractivity (Wildman–Crippen MR) is 108 cm³/mol. The van der Waals surface area contributed by atoms with Gasteiger partial charge in [0.1, 0.15) is 11.5 Å². The molecule has 28 heavy (non-hydrogen) atoms. The van der Waals surface area contributed by atoms with Gasteiger partial charge < -0.3 is 20.1 Å². The van der Waals surface area contributed by atoms with E-state index in [9.17, 15) is 4.79 Å². The molecule has 1 amide bonds. The average Bonchev–Trinajstić information content (AvgIpc) is 2.72. The Bertz CT molecular complexity index is 800. The lowest BCUT2D eigenvalue weighted by Gasteiger charge is -2.32. The molecule has 0 aliphatic carbocycles. The number of hydrogen-bond acceptors (Lipinski definition) is 6. The molecule has 2 aromatic heterocycles. The summed E-state index contributed by atoms with van der Waals surface area (Å²) in [5.74, 6) is 2.32. The van der Waals surface area contributed by atoms with E-state index in [0.29, 0.717) is 54.5 Å². The number of rotatable bonds is 6. The minimum absolute atomic E-state index is 0.0809. The van der Waals surface area contributed by atoms with Gasteiger partial charge in [-0.2, -0.15) is 0 Å². The molecule has 2 aromatic rings. The zero-order chi connectivity index (χ0) is 20.1. The van der Waals surface area contributed by atoms with Crippen molar-refractivity contribution < 1.29 is 14.3 Å². The van der Waals surface area contributed by atoms with Crippen LogP contribution in [0.2, 0.25) is 0 Å². The summed E-state index contributed by atoms with van der Waals surface area (Å²) in [6.45, 7) is 6.08. The van der Waals surface area contributed by atoms with Crippen molar-refractivity contribution in [2.24, 2.45) is 5.92 Å². The van der Waals surface area contributed by atoms with Crippen LogP contribution in [0.1, 0.15) is 48.7 Å². The van der Waals surface area contributed by atoms with E-state index in [1.165, 1.54) is 5.56 Å². The maximum atomic E-state index is 12.9. The number of methoxy groups -OCH3 is 1. The van der Waals surface area contributed by atoms with Gasteiger partial charge in [0.05, 0.1) is 19.9 Å². The van der Waals surface area contributed by atoms with Crippen molar-refractivity contribution >= 4 is 11.7 Å². The van der Waals surface area contributed by atoms with E-state index in [2.05, 4.69) is 23.8 Å². The number of nitrogens with zero attached hydrogens (tertiary/aromatic N) is 3. The third kappa shape index (κ3) is 4.71. The van der Waals surface area contributed by atoms with E-state index < -0.39 is 0 Å². The summed E-state index contributed by atoms with van der Waals surface area (Å²) in [6, 6.07) is 5.51. The Morgan fingerprint density at radius 2 is 1.96 bits per heavy atom. The largest absolute Gasteiger partial charge is 0.493 e. The number of ether oxygens (including phenoxy) is 2. The molecule has 7 heteroatoms. The molecule has 1 aliphatic rings. The maximum Gasteiger partial charge on any atom is 0.272 e. The number of hydrogen-bond donors (Lipinski definition) is 1. The molecule has 0 spiro atoms. The van der Waals surface area contributed by atoms with Crippen molar-refractivity contribution in [3.8, 4) is 11.5 Å². The fourth-order valence-electron chi connectivity index (χ4n) is 3.30. The number of pyridine rings is 2. The number of likely N-dealkylation sites (tertiary alicyclic amines) is 1. The van der Waals surface area contributed by atoms with Crippen LogP contribution >= 0.6 is 0 Å². The van der Waals surface area contributed by atoms with Crippen LogP contribution < -0.4 is 15.2 Å². The van der Waals surface area contributed by atoms with Gasteiger partial charge in [0.15, 0.2) is 11.5 Å². The van der Waals surface area contributed by atoms with Crippen LogP contribution in [-0.4, -0.2) is 47.6 Å². The van der Waals surface area contributed by atoms with Crippen molar-refractivity contribution in [2.75, 3.05) is 32.5 Å². The van der Waals surface area contributed by atoms with E-state index in [1.807, 2.05) is 23.2 Å². The molecule has 3 heterocycles. The van der Waals surface area contributed by atoms with Crippen LogP contribution in [0.4, 0.5) is 5.82 Å². The van der Waals surface area contributed by atoms with Gasteiger partial charge in [0.2, 0.25) is 0 Å². The van der Waals surface area contributed by atoms with Crippen molar-refractivity contribution in [2.45, 2.75) is 32.6 Å². The van der Waals surface area contributed by atoms with Gasteiger partial charge >= 0.3 is 0 Å². The molecule has 0 bridgehead atoms. The molecule has 7 nitrogen and oxygen atoms in total. The number of amides is 1. The van der Waals surface area contributed by atoms with Gasteiger partial charge in [-0.3, -0.25) is 4.79 Å². The highest BCUT2D eigenvalue weighted by molar-refractivity contribution is 5.93. The molecule has 1 fully saturated rings. The first kappa shape index (κ1) is 19.9.